The van der Waals surface area contributed by atoms with Crippen molar-refractivity contribution in [3.8, 4) is 0 Å². The molecule has 2 N–H and O–H groups in total. The topological polar surface area (TPSA) is 52.5 Å². The smallest absolute Gasteiger partial charge is 0.123 e. The van der Waals surface area contributed by atoms with E-state index in [1.54, 1.807) is 0 Å². The molecule has 2 aromatic carbocycles. The summed E-state index contributed by atoms with van der Waals surface area (Å²) in [7, 11) is -1.13. The largest absolute Gasteiger partial charge is 0.361 e. The van der Waals surface area contributed by atoms with Crippen LogP contribution in [0.3, 0.4) is 0 Å². The molecule has 194 valence electrons. The first kappa shape index (κ1) is 27.1. The molecule has 0 spiro atoms. The Hall–Kier alpha value is -2.95. The van der Waals surface area contributed by atoms with Gasteiger partial charge in [-0.05, 0) is 67.6 Å². The zero-order valence-electron chi connectivity index (χ0n) is 22.9. The lowest BCUT2D eigenvalue weighted by atomic mass is 9.74. The summed E-state index contributed by atoms with van der Waals surface area (Å²) in [6.45, 7) is 15.0. The minimum Gasteiger partial charge on any atom is -0.361 e. The Balaban J connectivity index is 1.73. The number of benzene rings is 2. The molecule has 0 atom stereocenters. The molecule has 0 bridgehead atoms. The summed E-state index contributed by atoms with van der Waals surface area (Å²) in [6, 6.07) is 20.9. The van der Waals surface area contributed by atoms with Gasteiger partial charge in [-0.2, -0.15) is 0 Å². The van der Waals surface area contributed by atoms with Crippen LogP contribution in [0.25, 0.3) is 11.4 Å². The predicted molar refractivity (Wildman–Crippen MR) is 159 cm³/mol. The lowest BCUT2D eigenvalue weighted by Gasteiger charge is -2.30. The van der Waals surface area contributed by atoms with Crippen molar-refractivity contribution in [1.82, 2.24) is 4.57 Å². The number of aromatic nitrogens is 1. The highest BCUT2D eigenvalue weighted by Gasteiger charge is 2.38. The predicted octanol–water partition coefficient (Wildman–Crippen LogP) is 5.00. The van der Waals surface area contributed by atoms with Crippen molar-refractivity contribution in [1.29, 1.82) is 0 Å². The summed E-state index contributed by atoms with van der Waals surface area (Å²) in [6.07, 6.45) is 6.90. The Kier molecular flexibility index (Phi) is 8.51. The van der Waals surface area contributed by atoms with Crippen molar-refractivity contribution in [2.75, 3.05) is 13.2 Å². The molecule has 1 aromatic heterocycles. The fourth-order valence-electron chi connectivity index (χ4n) is 5.43. The number of nitrogens with two attached hydrogens (primary N) is 1. The van der Waals surface area contributed by atoms with Gasteiger partial charge in [0.05, 0.1) is 11.0 Å². The van der Waals surface area contributed by atoms with Gasteiger partial charge in [-0.15, -0.1) is 5.73 Å². The van der Waals surface area contributed by atoms with Crippen LogP contribution in [0.2, 0.25) is 25.7 Å². The highest BCUT2D eigenvalue weighted by Crippen LogP contribution is 2.42. The van der Waals surface area contributed by atoms with E-state index in [4.69, 9.17) is 15.5 Å². The maximum Gasteiger partial charge on any atom is 0.123 e. The third-order valence-corrected chi connectivity index (χ3v) is 9.12. The summed E-state index contributed by atoms with van der Waals surface area (Å²) in [4.78, 5) is 4.84. The van der Waals surface area contributed by atoms with Crippen LogP contribution in [0.5, 0.6) is 0 Å². The van der Waals surface area contributed by atoms with Gasteiger partial charge in [-0.3, -0.25) is 4.99 Å². The van der Waals surface area contributed by atoms with E-state index in [1.165, 1.54) is 16.7 Å². The number of hydrogen-bond donors (Lipinski definition) is 1. The van der Waals surface area contributed by atoms with Crippen molar-refractivity contribution in [2.45, 2.75) is 64.0 Å². The molecule has 0 radical (unpaired) electrons. The molecule has 3 aromatic rings. The van der Waals surface area contributed by atoms with Crippen LogP contribution >= 0.6 is 0 Å². The standard InChI is InChI=1S/C32H41N3OSi/c1-6-30-29(15-18-35(30)24-36-19-20-37(3,4)5)31(34-7-2)25-13-10-14-28(21-25)32(16-17-33)22-26-11-8-9-12-27(26)23-32/h7-15,18,21H,1,16-17,19-20,22-24,33H2,2-5H3/b31-29-,34-7?. The number of ether oxygens (including phenoxy) is 1. The first-order valence-electron chi connectivity index (χ1n) is 13.3. The van der Waals surface area contributed by atoms with E-state index in [-0.39, 0.29) is 5.41 Å². The van der Waals surface area contributed by atoms with Crippen LogP contribution in [-0.2, 0) is 29.7 Å². The second kappa shape index (κ2) is 11.6. The Morgan fingerprint density at radius 3 is 2.49 bits per heavy atom. The monoisotopic (exact) mass is 511 g/mol. The Bertz CT molecular complexity index is 1380. The van der Waals surface area contributed by atoms with E-state index in [2.05, 4.69) is 97.3 Å². The summed E-state index contributed by atoms with van der Waals surface area (Å²) in [5, 5.41) is 1.92. The minimum atomic E-state index is -1.13. The molecule has 1 aliphatic rings. The van der Waals surface area contributed by atoms with Crippen molar-refractivity contribution in [2.24, 2.45) is 10.7 Å². The number of fused-ring (bicyclic) bond motifs is 1. The molecule has 0 fully saturated rings. The van der Waals surface area contributed by atoms with E-state index < -0.39 is 8.07 Å². The van der Waals surface area contributed by atoms with Crippen LogP contribution in [0, 0.1) is 0 Å². The molecule has 4 nitrogen and oxygen atoms in total. The van der Waals surface area contributed by atoms with Gasteiger partial charge < -0.3 is 15.0 Å². The van der Waals surface area contributed by atoms with Gasteiger partial charge in [0.15, 0.2) is 0 Å². The van der Waals surface area contributed by atoms with E-state index >= 15 is 0 Å². The highest BCUT2D eigenvalue weighted by molar-refractivity contribution is 6.76. The second-order valence-corrected chi connectivity index (χ2v) is 17.0. The number of aliphatic imine (C=N–C) groups is 1. The highest BCUT2D eigenvalue weighted by atomic mass is 28.3. The Morgan fingerprint density at radius 1 is 1.14 bits per heavy atom. The number of hydrogen-bond acceptors (Lipinski definition) is 3. The van der Waals surface area contributed by atoms with E-state index in [9.17, 15) is 0 Å². The molecule has 5 heteroatoms. The maximum absolute atomic E-state index is 6.16. The van der Waals surface area contributed by atoms with Crippen molar-refractivity contribution < 1.29 is 4.74 Å². The molecule has 0 aliphatic heterocycles. The van der Waals surface area contributed by atoms with Crippen LogP contribution in [-0.4, -0.2) is 32.0 Å². The van der Waals surface area contributed by atoms with Gasteiger partial charge >= 0.3 is 0 Å². The van der Waals surface area contributed by atoms with E-state index in [0.29, 0.717) is 13.3 Å². The lowest BCUT2D eigenvalue weighted by molar-refractivity contribution is 0.0856. The molecule has 0 amide bonds. The van der Waals surface area contributed by atoms with Crippen LogP contribution in [0.1, 0.15) is 35.6 Å². The third kappa shape index (κ3) is 6.14. The Labute approximate surface area is 222 Å². The van der Waals surface area contributed by atoms with Crippen LogP contribution in [0.4, 0.5) is 0 Å². The molecule has 1 aliphatic carbocycles. The fourth-order valence-corrected chi connectivity index (χ4v) is 6.19. The number of rotatable bonds is 10. The van der Waals surface area contributed by atoms with Crippen molar-refractivity contribution >= 4 is 25.7 Å². The molecule has 1 heterocycles. The maximum atomic E-state index is 6.16. The molecule has 37 heavy (non-hydrogen) atoms. The fraction of sp³-hybridized carbons (Fsp3) is 0.375. The normalized spacial score (nSPS) is 15.6. The van der Waals surface area contributed by atoms with Crippen molar-refractivity contribution in [3.05, 3.63) is 100 Å². The average Bonchev–Trinajstić information content (AvgIpc) is 3.46. The van der Waals surface area contributed by atoms with Gasteiger partial charge in [-0.25, -0.2) is 0 Å². The first-order chi connectivity index (χ1) is 17.8. The van der Waals surface area contributed by atoms with Gasteiger partial charge in [0.25, 0.3) is 0 Å². The molecule has 4 rings (SSSR count). The average molecular weight is 512 g/mol. The van der Waals surface area contributed by atoms with Gasteiger partial charge in [0, 0.05) is 43.3 Å². The van der Waals surface area contributed by atoms with E-state index in [1.807, 2.05) is 13.1 Å². The molecule has 0 saturated carbocycles. The quantitative estimate of drug-likeness (QED) is 0.237. The molecular formula is C32H41N3OSi. The zero-order chi connectivity index (χ0) is 26.5. The van der Waals surface area contributed by atoms with Gasteiger partial charge in [-0.1, -0.05) is 68.7 Å². The van der Waals surface area contributed by atoms with Crippen LogP contribution < -0.4 is 16.3 Å². The summed E-state index contributed by atoms with van der Waals surface area (Å²) in [5.74, 6) is 0. The van der Waals surface area contributed by atoms with Gasteiger partial charge in [0.2, 0.25) is 0 Å². The third-order valence-electron chi connectivity index (χ3n) is 7.42. The molecule has 0 saturated heterocycles. The summed E-state index contributed by atoms with van der Waals surface area (Å²) < 4.78 is 8.10. The second-order valence-electron chi connectivity index (χ2n) is 11.3. The summed E-state index contributed by atoms with van der Waals surface area (Å²) >= 11 is 0. The van der Waals surface area contributed by atoms with Crippen molar-refractivity contribution in [3.63, 3.8) is 0 Å². The molecule has 0 unspecified atom stereocenters. The van der Waals surface area contributed by atoms with E-state index in [0.717, 1.165) is 53.7 Å². The zero-order valence-corrected chi connectivity index (χ0v) is 23.9. The lowest BCUT2D eigenvalue weighted by Crippen LogP contribution is -2.31. The first-order valence-corrected chi connectivity index (χ1v) is 17.0. The number of nitrogens with zero attached hydrogens (tertiary/aromatic N) is 2. The SMILES string of the molecule is C=C=c1/c(=C(\N=CC)c2cccc(C3(CCN)Cc4ccccc4C3)c2)ccn1COCC[Si](C)(C)C. The van der Waals surface area contributed by atoms with Gasteiger partial charge in [0.1, 0.15) is 6.73 Å². The van der Waals surface area contributed by atoms with Crippen LogP contribution in [0.15, 0.2) is 72.4 Å². The Morgan fingerprint density at radius 2 is 1.86 bits per heavy atom. The minimum absolute atomic E-state index is 0.0129. The summed E-state index contributed by atoms with van der Waals surface area (Å²) in [5.41, 5.74) is 15.5. The molecular weight excluding hydrogens is 470 g/mol.